The van der Waals surface area contributed by atoms with Gasteiger partial charge in [0.2, 0.25) is 0 Å². The molecular formula is C17H21NO2. The first kappa shape index (κ1) is 14.4. The maximum absolute atomic E-state index is 5.23. The van der Waals surface area contributed by atoms with Crippen LogP contribution in [0.4, 0.5) is 0 Å². The largest absolute Gasteiger partial charge is 0.497 e. The van der Waals surface area contributed by atoms with Gasteiger partial charge in [0.25, 0.3) is 0 Å². The van der Waals surface area contributed by atoms with Crippen LogP contribution in [0.2, 0.25) is 0 Å². The van der Waals surface area contributed by atoms with Gasteiger partial charge in [-0.3, -0.25) is 0 Å². The highest BCUT2D eigenvalue weighted by Gasteiger charge is 2.05. The van der Waals surface area contributed by atoms with E-state index in [0.29, 0.717) is 0 Å². The molecule has 0 aliphatic carbocycles. The molecule has 0 spiro atoms. The van der Waals surface area contributed by atoms with Gasteiger partial charge in [0, 0.05) is 12.6 Å². The van der Waals surface area contributed by atoms with E-state index < -0.39 is 0 Å². The van der Waals surface area contributed by atoms with Crippen LogP contribution in [-0.4, -0.2) is 14.2 Å². The van der Waals surface area contributed by atoms with Crippen LogP contribution < -0.4 is 14.8 Å². The van der Waals surface area contributed by atoms with Crippen molar-refractivity contribution in [3.8, 4) is 11.5 Å². The molecular weight excluding hydrogens is 250 g/mol. The van der Waals surface area contributed by atoms with E-state index in [9.17, 15) is 0 Å². The highest BCUT2D eigenvalue weighted by atomic mass is 16.5. The molecule has 0 fully saturated rings. The molecule has 2 rings (SSSR count). The Morgan fingerprint density at radius 1 is 0.950 bits per heavy atom. The summed E-state index contributed by atoms with van der Waals surface area (Å²) in [4.78, 5) is 0. The smallest absolute Gasteiger partial charge is 0.119 e. The lowest BCUT2D eigenvalue weighted by atomic mass is 10.1. The lowest BCUT2D eigenvalue weighted by Gasteiger charge is -2.15. The Bertz CT molecular complexity index is 537. The summed E-state index contributed by atoms with van der Waals surface area (Å²) < 4.78 is 10.4. The van der Waals surface area contributed by atoms with Crippen molar-refractivity contribution in [1.82, 2.24) is 5.32 Å². The normalized spacial score (nSPS) is 11.9. The summed E-state index contributed by atoms with van der Waals surface area (Å²) in [5, 5.41) is 3.51. The molecule has 2 aromatic carbocycles. The standard InChI is InChI=1S/C17H21NO2/c1-13(15-7-9-16(19-2)10-8-15)18-12-14-5-4-6-17(11-14)20-3/h4-11,13,18H,12H2,1-3H3/t13-/m0/s1. The molecule has 20 heavy (non-hydrogen) atoms. The quantitative estimate of drug-likeness (QED) is 0.871. The summed E-state index contributed by atoms with van der Waals surface area (Å²) in [6, 6.07) is 16.5. The van der Waals surface area contributed by atoms with Crippen LogP contribution >= 0.6 is 0 Å². The topological polar surface area (TPSA) is 30.5 Å². The molecule has 2 aromatic rings. The molecule has 3 nitrogen and oxygen atoms in total. The highest BCUT2D eigenvalue weighted by Crippen LogP contribution is 2.18. The lowest BCUT2D eigenvalue weighted by molar-refractivity contribution is 0.413. The Kier molecular flexibility index (Phi) is 5.02. The molecule has 1 atom stereocenters. The molecule has 3 heteroatoms. The Morgan fingerprint density at radius 3 is 2.30 bits per heavy atom. The lowest BCUT2D eigenvalue weighted by Crippen LogP contribution is -2.18. The second-order valence-corrected chi connectivity index (χ2v) is 4.73. The van der Waals surface area contributed by atoms with E-state index in [1.807, 2.05) is 30.3 Å². The molecule has 0 aromatic heterocycles. The Labute approximate surface area is 120 Å². The van der Waals surface area contributed by atoms with E-state index in [1.165, 1.54) is 11.1 Å². The molecule has 0 bridgehead atoms. The van der Waals surface area contributed by atoms with Crippen LogP contribution in [0.1, 0.15) is 24.1 Å². The van der Waals surface area contributed by atoms with E-state index in [4.69, 9.17) is 9.47 Å². The van der Waals surface area contributed by atoms with Crippen molar-refractivity contribution in [3.05, 3.63) is 59.7 Å². The summed E-state index contributed by atoms with van der Waals surface area (Å²) in [6.45, 7) is 2.96. The van der Waals surface area contributed by atoms with Gasteiger partial charge < -0.3 is 14.8 Å². The summed E-state index contributed by atoms with van der Waals surface area (Å²) in [6.07, 6.45) is 0. The highest BCUT2D eigenvalue weighted by molar-refractivity contribution is 5.30. The van der Waals surface area contributed by atoms with Crippen molar-refractivity contribution in [2.24, 2.45) is 0 Å². The first-order valence-electron chi connectivity index (χ1n) is 6.73. The molecule has 1 N–H and O–H groups in total. The molecule has 0 saturated carbocycles. The minimum Gasteiger partial charge on any atom is -0.497 e. The maximum Gasteiger partial charge on any atom is 0.119 e. The van der Waals surface area contributed by atoms with Gasteiger partial charge >= 0.3 is 0 Å². The average Bonchev–Trinajstić information content (AvgIpc) is 2.53. The third-order valence-corrected chi connectivity index (χ3v) is 3.36. The van der Waals surface area contributed by atoms with Gasteiger partial charge in [0.05, 0.1) is 14.2 Å². The minimum atomic E-state index is 0.284. The molecule has 0 saturated heterocycles. The zero-order valence-corrected chi connectivity index (χ0v) is 12.2. The monoisotopic (exact) mass is 271 g/mol. The predicted molar refractivity (Wildman–Crippen MR) is 81.2 cm³/mol. The van der Waals surface area contributed by atoms with Gasteiger partial charge in [-0.25, -0.2) is 0 Å². The van der Waals surface area contributed by atoms with Crippen molar-refractivity contribution in [2.45, 2.75) is 19.5 Å². The maximum atomic E-state index is 5.23. The molecule has 0 amide bonds. The van der Waals surface area contributed by atoms with Crippen LogP contribution in [0, 0.1) is 0 Å². The van der Waals surface area contributed by atoms with E-state index in [-0.39, 0.29) is 6.04 Å². The molecule has 0 heterocycles. The number of methoxy groups -OCH3 is 2. The van der Waals surface area contributed by atoms with Gasteiger partial charge in [-0.15, -0.1) is 0 Å². The van der Waals surface area contributed by atoms with Crippen molar-refractivity contribution >= 4 is 0 Å². The van der Waals surface area contributed by atoms with Crippen LogP contribution in [0.5, 0.6) is 11.5 Å². The molecule has 106 valence electrons. The number of ether oxygens (including phenoxy) is 2. The van der Waals surface area contributed by atoms with Gasteiger partial charge in [-0.05, 0) is 42.3 Å². The van der Waals surface area contributed by atoms with Gasteiger partial charge in [-0.1, -0.05) is 24.3 Å². The van der Waals surface area contributed by atoms with Gasteiger partial charge in [0.15, 0.2) is 0 Å². The van der Waals surface area contributed by atoms with E-state index in [0.717, 1.165) is 18.0 Å². The summed E-state index contributed by atoms with van der Waals surface area (Å²) in [5.74, 6) is 1.77. The number of hydrogen-bond acceptors (Lipinski definition) is 3. The van der Waals surface area contributed by atoms with E-state index in [1.54, 1.807) is 14.2 Å². The summed E-state index contributed by atoms with van der Waals surface area (Å²) >= 11 is 0. The Balaban J connectivity index is 1.95. The second kappa shape index (κ2) is 6.96. The molecule has 0 aliphatic heterocycles. The predicted octanol–water partition coefficient (Wildman–Crippen LogP) is 3.55. The van der Waals surface area contributed by atoms with Crippen LogP contribution in [0.3, 0.4) is 0 Å². The van der Waals surface area contributed by atoms with Crippen LogP contribution in [0.15, 0.2) is 48.5 Å². The first-order valence-corrected chi connectivity index (χ1v) is 6.73. The third-order valence-electron chi connectivity index (χ3n) is 3.36. The van der Waals surface area contributed by atoms with Crippen LogP contribution in [-0.2, 0) is 6.54 Å². The van der Waals surface area contributed by atoms with Crippen molar-refractivity contribution in [3.63, 3.8) is 0 Å². The average molecular weight is 271 g/mol. The zero-order chi connectivity index (χ0) is 14.4. The van der Waals surface area contributed by atoms with E-state index in [2.05, 4.69) is 30.4 Å². The minimum absolute atomic E-state index is 0.284. The number of nitrogens with one attached hydrogen (secondary N) is 1. The fourth-order valence-electron chi connectivity index (χ4n) is 2.06. The Hall–Kier alpha value is -2.00. The summed E-state index contributed by atoms with van der Waals surface area (Å²) in [5.41, 5.74) is 2.46. The number of rotatable bonds is 6. The van der Waals surface area contributed by atoms with Crippen LogP contribution in [0.25, 0.3) is 0 Å². The zero-order valence-electron chi connectivity index (χ0n) is 12.2. The third kappa shape index (κ3) is 3.75. The van der Waals surface area contributed by atoms with Crippen molar-refractivity contribution < 1.29 is 9.47 Å². The molecule has 0 radical (unpaired) electrons. The number of hydrogen-bond donors (Lipinski definition) is 1. The fourth-order valence-corrected chi connectivity index (χ4v) is 2.06. The van der Waals surface area contributed by atoms with E-state index >= 15 is 0 Å². The first-order chi connectivity index (χ1) is 9.72. The van der Waals surface area contributed by atoms with Crippen molar-refractivity contribution in [1.29, 1.82) is 0 Å². The van der Waals surface area contributed by atoms with Gasteiger partial charge in [0.1, 0.15) is 11.5 Å². The SMILES string of the molecule is COc1ccc([C@H](C)NCc2cccc(OC)c2)cc1. The molecule has 0 aliphatic rings. The fraction of sp³-hybridized carbons (Fsp3) is 0.294. The Morgan fingerprint density at radius 2 is 1.65 bits per heavy atom. The second-order valence-electron chi connectivity index (χ2n) is 4.73. The number of benzene rings is 2. The van der Waals surface area contributed by atoms with Crippen molar-refractivity contribution in [2.75, 3.05) is 14.2 Å². The molecule has 0 unspecified atom stereocenters. The van der Waals surface area contributed by atoms with Gasteiger partial charge in [-0.2, -0.15) is 0 Å². The summed E-state index contributed by atoms with van der Waals surface area (Å²) in [7, 11) is 3.37.